The Kier molecular flexibility index (Phi) is 3.69. The number of hydrogen-bond donors (Lipinski definition) is 4. The third-order valence-electron chi connectivity index (χ3n) is 2.76. The molecule has 1 aromatic carbocycles. The monoisotopic (exact) mass is 276 g/mol. The van der Waals surface area contributed by atoms with Crippen LogP contribution in [0.1, 0.15) is 16.9 Å². The van der Waals surface area contributed by atoms with Crippen LogP contribution in [0.15, 0.2) is 30.3 Å². The first-order valence-electron chi connectivity index (χ1n) is 5.80. The Morgan fingerprint density at radius 1 is 1.20 bits per heavy atom. The van der Waals surface area contributed by atoms with E-state index in [1.807, 2.05) is 6.07 Å². The number of hydrogen-bond acceptors (Lipinski definition) is 3. The van der Waals surface area contributed by atoms with Crippen LogP contribution in [0, 0.1) is 0 Å². The van der Waals surface area contributed by atoms with Crippen LogP contribution in [0.4, 0.5) is 0 Å². The molecular weight excluding hydrogens is 264 g/mol. The van der Waals surface area contributed by atoms with Crippen LogP contribution in [0.25, 0.3) is 10.9 Å². The van der Waals surface area contributed by atoms with E-state index >= 15 is 0 Å². The number of aliphatic carboxylic acids is 2. The highest BCUT2D eigenvalue weighted by atomic mass is 16.4. The van der Waals surface area contributed by atoms with Crippen LogP contribution >= 0.6 is 0 Å². The summed E-state index contributed by atoms with van der Waals surface area (Å²) >= 11 is 0. The lowest BCUT2D eigenvalue weighted by Crippen LogP contribution is -2.42. The van der Waals surface area contributed by atoms with Gasteiger partial charge in [0.05, 0.1) is 6.42 Å². The maximum atomic E-state index is 11.9. The van der Waals surface area contributed by atoms with Gasteiger partial charge in [-0.2, -0.15) is 0 Å². The SMILES string of the molecule is O=C(O)CC(NC(=O)c1cc2ccccc2[nH]1)C(=O)O. The van der Waals surface area contributed by atoms with Crippen molar-refractivity contribution in [2.24, 2.45) is 0 Å². The zero-order valence-corrected chi connectivity index (χ0v) is 10.3. The number of rotatable bonds is 5. The predicted molar refractivity (Wildman–Crippen MR) is 69.4 cm³/mol. The molecule has 0 aliphatic rings. The average molecular weight is 276 g/mol. The lowest BCUT2D eigenvalue weighted by Gasteiger charge is -2.11. The molecule has 4 N–H and O–H groups in total. The molecule has 0 saturated heterocycles. The van der Waals surface area contributed by atoms with Crippen molar-refractivity contribution in [2.75, 3.05) is 0 Å². The van der Waals surface area contributed by atoms with Crippen LogP contribution in [-0.4, -0.2) is 39.1 Å². The van der Waals surface area contributed by atoms with Gasteiger partial charge >= 0.3 is 11.9 Å². The van der Waals surface area contributed by atoms with Crippen molar-refractivity contribution in [1.29, 1.82) is 0 Å². The largest absolute Gasteiger partial charge is 0.481 e. The van der Waals surface area contributed by atoms with Crippen LogP contribution in [0.3, 0.4) is 0 Å². The number of fused-ring (bicyclic) bond motifs is 1. The van der Waals surface area contributed by atoms with E-state index in [4.69, 9.17) is 10.2 Å². The Labute approximate surface area is 113 Å². The van der Waals surface area contributed by atoms with Gasteiger partial charge in [-0.3, -0.25) is 9.59 Å². The second kappa shape index (κ2) is 5.43. The molecule has 7 heteroatoms. The molecule has 104 valence electrons. The molecule has 2 rings (SSSR count). The van der Waals surface area contributed by atoms with E-state index in [9.17, 15) is 14.4 Å². The van der Waals surface area contributed by atoms with E-state index in [-0.39, 0.29) is 5.69 Å². The standard InChI is InChI=1S/C13H12N2O5/c16-11(17)6-10(13(19)20)15-12(18)9-5-7-3-1-2-4-8(7)14-9/h1-5,10,14H,6H2,(H,15,18)(H,16,17)(H,19,20). The number of para-hydroxylation sites is 1. The topological polar surface area (TPSA) is 119 Å². The van der Waals surface area contributed by atoms with E-state index < -0.39 is 30.3 Å². The highest BCUT2D eigenvalue weighted by molar-refractivity contribution is 6.00. The number of carbonyl (C=O) groups is 3. The number of H-pyrrole nitrogens is 1. The Hall–Kier alpha value is -2.83. The van der Waals surface area contributed by atoms with E-state index in [1.54, 1.807) is 24.3 Å². The third kappa shape index (κ3) is 2.94. The van der Waals surface area contributed by atoms with Crippen LogP contribution < -0.4 is 5.32 Å². The molecule has 0 spiro atoms. The Morgan fingerprint density at radius 2 is 1.90 bits per heavy atom. The van der Waals surface area contributed by atoms with Crippen LogP contribution in [-0.2, 0) is 9.59 Å². The van der Waals surface area contributed by atoms with Gasteiger partial charge in [-0.1, -0.05) is 18.2 Å². The van der Waals surface area contributed by atoms with Gasteiger partial charge in [-0.15, -0.1) is 0 Å². The zero-order chi connectivity index (χ0) is 14.7. The van der Waals surface area contributed by atoms with E-state index in [0.717, 1.165) is 10.9 Å². The summed E-state index contributed by atoms with van der Waals surface area (Å²) in [4.78, 5) is 36.2. The fourth-order valence-electron chi connectivity index (χ4n) is 1.81. The van der Waals surface area contributed by atoms with Gasteiger partial charge in [0.1, 0.15) is 11.7 Å². The first-order valence-corrected chi connectivity index (χ1v) is 5.80. The first kappa shape index (κ1) is 13.6. The number of benzene rings is 1. The van der Waals surface area contributed by atoms with Gasteiger partial charge < -0.3 is 20.5 Å². The zero-order valence-electron chi connectivity index (χ0n) is 10.3. The lowest BCUT2D eigenvalue weighted by molar-refractivity contribution is -0.145. The summed E-state index contributed by atoms with van der Waals surface area (Å²) in [6.45, 7) is 0. The van der Waals surface area contributed by atoms with Crippen molar-refractivity contribution >= 4 is 28.7 Å². The molecule has 1 unspecified atom stereocenters. The van der Waals surface area contributed by atoms with Gasteiger partial charge in [0.25, 0.3) is 5.91 Å². The Morgan fingerprint density at radius 3 is 2.50 bits per heavy atom. The Bertz CT molecular complexity index is 643. The quantitative estimate of drug-likeness (QED) is 0.644. The molecule has 0 aliphatic carbocycles. The predicted octanol–water partition coefficient (Wildman–Crippen LogP) is 0.826. The number of aromatic nitrogens is 1. The van der Waals surface area contributed by atoms with Gasteiger partial charge in [0.15, 0.2) is 0 Å². The van der Waals surface area contributed by atoms with Crippen molar-refractivity contribution < 1.29 is 24.6 Å². The van der Waals surface area contributed by atoms with Gasteiger partial charge in [-0.25, -0.2) is 4.79 Å². The number of carboxylic acid groups (broad SMARTS) is 2. The van der Waals surface area contributed by atoms with E-state index in [2.05, 4.69) is 10.3 Å². The summed E-state index contributed by atoms with van der Waals surface area (Å²) in [6.07, 6.45) is -0.679. The minimum atomic E-state index is -1.47. The van der Waals surface area contributed by atoms with Crippen molar-refractivity contribution in [3.63, 3.8) is 0 Å². The number of aromatic amines is 1. The normalized spacial score (nSPS) is 12.0. The number of amides is 1. The molecule has 0 saturated carbocycles. The van der Waals surface area contributed by atoms with Gasteiger partial charge in [-0.05, 0) is 12.1 Å². The Balaban J connectivity index is 2.17. The molecule has 1 amide bonds. The second-order valence-electron chi connectivity index (χ2n) is 4.23. The number of nitrogens with one attached hydrogen (secondary N) is 2. The molecule has 0 aliphatic heterocycles. The molecule has 7 nitrogen and oxygen atoms in total. The number of carbonyl (C=O) groups excluding carboxylic acids is 1. The van der Waals surface area contributed by atoms with Crippen molar-refractivity contribution in [1.82, 2.24) is 10.3 Å². The summed E-state index contributed by atoms with van der Waals surface area (Å²) < 4.78 is 0. The highest BCUT2D eigenvalue weighted by Crippen LogP contribution is 2.14. The van der Waals surface area contributed by atoms with Gasteiger partial charge in [0.2, 0.25) is 0 Å². The minimum Gasteiger partial charge on any atom is -0.481 e. The smallest absolute Gasteiger partial charge is 0.326 e. The van der Waals surface area contributed by atoms with Crippen molar-refractivity contribution in [2.45, 2.75) is 12.5 Å². The fourth-order valence-corrected chi connectivity index (χ4v) is 1.81. The molecule has 2 aromatic rings. The molecule has 0 fully saturated rings. The maximum absolute atomic E-state index is 11.9. The molecular formula is C13H12N2O5. The third-order valence-corrected chi connectivity index (χ3v) is 2.76. The molecule has 1 aromatic heterocycles. The molecule has 1 atom stereocenters. The summed E-state index contributed by atoms with van der Waals surface area (Å²) in [6, 6.07) is 7.29. The molecule has 0 radical (unpaired) electrons. The summed E-state index contributed by atoms with van der Waals surface area (Å²) in [5, 5.41) is 20.5. The fraction of sp³-hybridized carbons (Fsp3) is 0.154. The summed E-state index contributed by atoms with van der Waals surface area (Å²) in [7, 11) is 0. The van der Waals surface area contributed by atoms with E-state index in [1.165, 1.54) is 0 Å². The van der Waals surface area contributed by atoms with Crippen LogP contribution in [0.2, 0.25) is 0 Å². The average Bonchev–Trinajstić information content (AvgIpc) is 2.81. The molecule has 0 bridgehead atoms. The van der Waals surface area contributed by atoms with Gasteiger partial charge in [0, 0.05) is 10.9 Å². The maximum Gasteiger partial charge on any atom is 0.326 e. The lowest BCUT2D eigenvalue weighted by atomic mass is 10.2. The molecule has 1 heterocycles. The van der Waals surface area contributed by atoms with E-state index in [0.29, 0.717) is 0 Å². The number of carboxylic acids is 2. The minimum absolute atomic E-state index is 0.183. The highest BCUT2D eigenvalue weighted by Gasteiger charge is 2.24. The van der Waals surface area contributed by atoms with Crippen molar-refractivity contribution in [3.8, 4) is 0 Å². The van der Waals surface area contributed by atoms with Crippen molar-refractivity contribution in [3.05, 3.63) is 36.0 Å². The molecule has 20 heavy (non-hydrogen) atoms. The van der Waals surface area contributed by atoms with Crippen LogP contribution in [0.5, 0.6) is 0 Å². The second-order valence-corrected chi connectivity index (χ2v) is 4.23. The summed E-state index contributed by atoms with van der Waals surface area (Å²) in [5.41, 5.74) is 0.922. The first-order chi connectivity index (χ1) is 9.47. The summed E-state index contributed by atoms with van der Waals surface area (Å²) in [5.74, 6) is -3.35.